The van der Waals surface area contributed by atoms with Crippen LogP contribution < -0.4 is 5.43 Å². The van der Waals surface area contributed by atoms with Gasteiger partial charge in [0.15, 0.2) is 5.75 Å². The number of carboxylic acids is 1. The van der Waals surface area contributed by atoms with Crippen LogP contribution in [0, 0.1) is 6.92 Å². The van der Waals surface area contributed by atoms with Crippen molar-refractivity contribution in [1.29, 1.82) is 0 Å². The molecule has 0 atom stereocenters. The van der Waals surface area contributed by atoms with Crippen molar-refractivity contribution in [1.82, 2.24) is 9.47 Å². The molecule has 1 aromatic heterocycles. The van der Waals surface area contributed by atoms with Crippen molar-refractivity contribution in [3.8, 4) is 5.75 Å². The molecule has 0 amide bonds. The fraction of sp³-hybridized carbons (Fsp3) is 0.625. The topological polar surface area (TPSA) is 82.8 Å². The summed E-state index contributed by atoms with van der Waals surface area (Å²) in [4.78, 5) is 24.1. The summed E-state index contributed by atoms with van der Waals surface area (Å²) in [5.41, 5.74) is 0.865. The van der Waals surface area contributed by atoms with Crippen LogP contribution in [-0.4, -0.2) is 39.2 Å². The highest BCUT2D eigenvalue weighted by Gasteiger charge is 2.16. The summed E-state index contributed by atoms with van der Waals surface area (Å²) in [6.07, 6.45) is 4.35. The number of hydrogen-bond acceptors (Lipinski definition) is 4. The number of pyridine rings is 1. The van der Waals surface area contributed by atoms with E-state index in [2.05, 4.69) is 6.92 Å². The van der Waals surface area contributed by atoms with E-state index in [1.165, 1.54) is 6.07 Å². The lowest BCUT2D eigenvalue weighted by Crippen LogP contribution is -2.28. The minimum Gasteiger partial charge on any atom is -0.503 e. The van der Waals surface area contributed by atoms with Crippen molar-refractivity contribution >= 4 is 5.97 Å². The Labute approximate surface area is 131 Å². The van der Waals surface area contributed by atoms with E-state index in [1.807, 2.05) is 11.5 Å². The summed E-state index contributed by atoms with van der Waals surface area (Å²) in [6, 6.07) is 1.43. The van der Waals surface area contributed by atoms with E-state index < -0.39 is 11.4 Å². The number of aliphatic carboxylic acids is 1. The van der Waals surface area contributed by atoms with Gasteiger partial charge in [-0.05, 0) is 20.4 Å². The molecule has 0 saturated heterocycles. The van der Waals surface area contributed by atoms with Crippen LogP contribution in [0.25, 0.3) is 0 Å². The quantitative estimate of drug-likeness (QED) is 0.681. The van der Waals surface area contributed by atoms with Gasteiger partial charge in [-0.25, -0.2) is 0 Å². The highest BCUT2D eigenvalue weighted by Crippen LogP contribution is 2.17. The summed E-state index contributed by atoms with van der Waals surface area (Å²) < 4.78 is 1.92. The Morgan fingerprint density at radius 2 is 2.00 bits per heavy atom. The highest BCUT2D eigenvalue weighted by molar-refractivity contribution is 5.69. The number of carboxylic acid groups (broad SMARTS) is 1. The van der Waals surface area contributed by atoms with Gasteiger partial charge in [-0.15, -0.1) is 0 Å². The van der Waals surface area contributed by atoms with Gasteiger partial charge in [-0.3, -0.25) is 14.5 Å². The van der Waals surface area contributed by atoms with E-state index in [0.717, 1.165) is 37.9 Å². The Balaban J connectivity index is 3.00. The molecule has 0 aliphatic rings. The Morgan fingerprint density at radius 1 is 1.32 bits per heavy atom. The number of carbonyl (C=O) groups is 1. The summed E-state index contributed by atoms with van der Waals surface area (Å²) >= 11 is 0. The first-order valence-corrected chi connectivity index (χ1v) is 7.69. The zero-order chi connectivity index (χ0) is 16.7. The summed E-state index contributed by atoms with van der Waals surface area (Å²) in [5.74, 6) is -1.22. The van der Waals surface area contributed by atoms with Crippen molar-refractivity contribution in [2.75, 3.05) is 13.6 Å². The van der Waals surface area contributed by atoms with Crippen molar-refractivity contribution < 1.29 is 15.0 Å². The molecule has 0 aliphatic carbocycles. The second-order valence-electron chi connectivity index (χ2n) is 5.72. The molecule has 0 aliphatic heterocycles. The number of aryl methyl sites for hydroxylation is 1. The van der Waals surface area contributed by atoms with Crippen LogP contribution in [0.5, 0.6) is 5.75 Å². The zero-order valence-corrected chi connectivity index (χ0v) is 13.6. The Bertz CT molecular complexity index is 566. The lowest BCUT2D eigenvalue weighted by Gasteiger charge is -2.21. The molecule has 0 fully saturated rings. The number of hydrogen-bond donors (Lipinski definition) is 2. The predicted molar refractivity (Wildman–Crippen MR) is 85.2 cm³/mol. The van der Waals surface area contributed by atoms with Crippen LogP contribution >= 0.6 is 0 Å². The molecule has 124 valence electrons. The molecule has 0 spiro atoms. The standard InChI is InChI=1S/C16H26N2O4/c1-4-5-6-7-8-18-12(2)9-14(19)16(22)13(18)10-17(3)11-15(20)21/h9,22H,4-8,10-11H2,1-3H3,(H,20,21). The maximum absolute atomic E-state index is 11.8. The van der Waals surface area contributed by atoms with Crippen LogP contribution in [-0.2, 0) is 17.9 Å². The van der Waals surface area contributed by atoms with Gasteiger partial charge in [0.05, 0.1) is 12.2 Å². The molecule has 0 aromatic carbocycles. The second-order valence-corrected chi connectivity index (χ2v) is 5.72. The normalized spacial score (nSPS) is 11.1. The molecule has 0 saturated carbocycles. The number of likely N-dealkylation sites (N-methyl/N-ethyl adjacent to an activating group) is 1. The Morgan fingerprint density at radius 3 is 2.59 bits per heavy atom. The number of aromatic nitrogens is 1. The molecule has 22 heavy (non-hydrogen) atoms. The number of unbranched alkanes of at least 4 members (excludes halogenated alkanes) is 3. The highest BCUT2D eigenvalue weighted by atomic mass is 16.4. The third kappa shape index (κ3) is 5.18. The van der Waals surface area contributed by atoms with Gasteiger partial charge in [0.1, 0.15) is 0 Å². The first-order valence-electron chi connectivity index (χ1n) is 7.69. The molecule has 6 nitrogen and oxygen atoms in total. The molecule has 0 unspecified atom stereocenters. The molecule has 1 rings (SSSR count). The largest absolute Gasteiger partial charge is 0.503 e. The van der Waals surface area contributed by atoms with Crippen LogP contribution in [0.4, 0.5) is 0 Å². The first kappa shape index (κ1) is 18.2. The second kappa shape index (κ2) is 8.58. The van der Waals surface area contributed by atoms with E-state index >= 15 is 0 Å². The molecule has 2 N–H and O–H groups in total. The molecular formula is C16H26N2O4. The third-order valence-electron chi connectivity index (χ3n) is 3.66. The maximum atomic E-state index is 11.8. The van der Waals surface area contributed by atoms with E-state index in [-0.39, 0.29) is 18.8 Å². The van der Waals surface area contributed by atoms with E-state index in [1.54, 1.807) is 11.9 Å². The maximum Gasteiger partial charge on any atom is 0.317 e. The van der Waals surface area contributed by atoms with Crippen molar-refractivity contribution in [3.63, 3.8) is 0 Å². The zero-order valence-electron chi connectivity index (χ0n) is 13.6. The molecule has 0 bridgehead atoms. The van der Waals surface area contributed by atoms with Gasteiger partial charge in [-0.2, -0.15) is 0 Å². The van der Waals surface area contributed by atoms with E-state index in [0.29, 0.717) is 5.69 Å². The third-order valence-corrected chi connectivity index (χ3v) is 3.66. The first-order chi connectivity index (χ1) is 10.4. The van der Waals surface area contributed by atoms with Crippen molar-refractivity contribution in [2.45, 2.75) is 52.6 Å². The number of nitrogens with zero attached hydrogens (tertiary/aromatic N) is 2. The SMILES string of the molecule is CCCCCCn1c(C)cc(=O)c(O)c1CN(C)CC(=O)O. The Kier molecular flexibility index (Phi) is 7.11. The van der Waals surface area contributed by atoms with Gasteiger partial charge < -0.3 is 14.8 Å². The van der Waals surface area contributed by atoms with Gasteiger partial charge in [0.25, 0.3) is 0 Å². The average molecular weight is 310 g/mol. The monoisotopic (exact) mass is 310 g/mol. The number of rotatable bonds is 9. The van der Waals surface area contributed by atoms with E-state index in [9.17, 15) is 14.7 Å². The molecule has 1 aromatic rings. The van der Waals surface area contributed by atoms with Crippen molar-refractivity contribution in [3.05, 3.63) is 27.7 Å². The Hall–Kier alpha value is -1.82. The van der Waals surface area contributed by atoms with E-state index in [4.69, 9.17) is 5.11 Å². The molecule has 1 heterocycles. The van der Waals surface area contributed by atoms with Gasteiger partial charge in [0, 0.05) is 24.8 Å². The molecular weight excluding hydrogens is 284 g/mol. The predicted octanol–water partition coefficient (Wildman–Crippen LogP) is 1.96. The van der Waals surface area contributed by atoms with Gasteiger partial charge in [0.2, 0.25) is 5.43 Å². The minimum atomic E-state index is -0.938. The van der Waals surface area contributed by atoms with Gasteiger partial charge in [-0.1, -0.05) is 26.2 Å². The van der Waals surface area contributed by atoms with Gasteiger partial charge >= 0.3 is 5.97 Å². The fourth-order valence-electron chi connectivity index (χ4n) is 2.53. The summed E-state index contributed by atoms with van der Waals surface area (Å²) in [5, 5.41) is 18.9. The van der Waals surface area contributed by atoms with Crippen molar-refractivity contribution in [2.24, 2.45) is 0 Å². The smallest absolute Gasteiger partial charge is 0.317 e. The van der Waals surface area contributed by atoms with Crippen LogP contribution in [0.1, 0.15) is 44.0 Å². The number of aromatic hydroxyl groups is 1. The van der Waals surface area contributed by atoms with Crippen LogP contribution in [0.3, 0.4) is 0 Å². The summed E-state index contributed by atoms with van der Waals surface area (Å²) in [6.45, 7) is 4.78. The van der Waals surface area contributed by atoms with Crippen LogP contribution in [0.2, 0.25) is 0 Å². The molecule has 6 heteroatoms. The average Bonchev–Trinajstić information content (AvgIpc) is 2.42. The lowest BCUT2D eigenvalue weighted by atomic mass is 10.2. The van der Waals surface area contributed by atoms with Crippen LogP contribution in [0.15, 0.2) is 10.9 Å². The fourth-order valence-corrected chi connectivity index (χ4v) is 2.53. The lowest BCUT2D eigenvalue weighted by molar-refractivity contribution is -0.138. The molecule has 0 radical (unpaired) electrons. The summed E-state index contributed by atoms with van der Waals surface area (Å²) in [7, 11) is 1.65. The minimum absolute atomic E-state index is 0.141.